The number of halogens is 1. The Labute approximate surface area is 145 Å². The van der Waals surface area contributed by atoms with E-state index in [2.05, 4.69) is 20.9 Å². The van der Waals surface area contributed by atoms with Crippen molar-refractivity contribution in [2.75, 3.05) is 6.61 Å². The van der Waals surface area contributed by atoms with E-state index in [1.165, 1.54) is 0 Å². The van der Waals surface area contributed by atoms with Crippen LogP contribution in [0.5, 0.6) is 5.88 Å². The summed E-state index contributed by atoms with van der Waals surface area (Å²) in [7, 11) is 0. The maximum Gasteiger partial charge on any atom is 0.306 e. The monoisotopic (exact) mass is 377 g/mol. The highest BCUT2D eigenvalue weighted by molar-refractivity contribution is 9.10. The molecule has 4 nitrogen and oxygen atoms in total. The molecule has 122 valence electrons. The molecule has 0 saturated carbocycles. The first-order valence-electron chi connectivity index (χ1n) is 7.61. The first-order valence-corrected chi connectivity index (χ1v) is 8.41. The second-order valence-corrected chi connectivity index (χ2v) is 5.96. The van der Waals surface area contributed by atoms with Gasteiger partial charge < -0.3 is 9.47 Å². The van der Waals surface area contributed by atoms with Gasteiger partial charge in [-0.3, -0.25) is 4.79 Å². The molecule has 0 spiro atoms. The summed E-state index contributed by atoms with van der Waals surface area (Å²) in [5, 5.41) is 0. The van der Waals surface area contributed by atoms with Crippen molar-refractivity contribution in [3.8, 4) is 5.88 Å². The van der Waals surface area contributed by atoms with Crippen LogP contribution in [0.15, 0.2) is 47.1 Å². The second-order valence-electron chi connectivity index (χ2n) is 5.11. The Bertz CT molecular complexity index is 646. The van der Waals surface area contributed by atoms with Crippen LogP contribution in [0.25, 0.3) is 0 Å². The van der Waals surface area contributed by atoms with Crippen molar-refractivity contribution in [2.45, 2.75) is 32.8 Å². The lowest BCUT2D eigenvalue weighted by Gasteiger charge is -2.15. The van der Waals surface area contributed by atoms with Gasteiger partial charge in [0, 0.05) is 12.6 Å². The Morgan fingerprint density at radius 3 is 2.70 bits per heavy atom. The van der Waals surface area contributed by atoms with Crippen LogP contribution in [0.3, 0.4) is 0 Å². The van der Waals surface area contributed by atoms with Crippen LogP contribution in [-0.2, 0) is 16.0 Å². The molecule has 0 N–H and O–H groups in total. The standard InChI is InChI=1S/C18H20BrNO3/c1-3-22-17(21)10-9-14-11-16(19)18(20-12-14)23-13(2)15-7-5-4-6-8-15/h4-8,11-13H,3,9-10H2,1-2H3/t13-/m0/s1. The van der Waals surface area contributed by atoms with E-state index in [-0.39, 0.29) is 12.1 Å². The SMILES string of the molecule is CCOC(=O)CCc1cnc(O[C@@H](C)c2ccccc2)c(Br)c1. The summed E-state index contributed by atoms with van der Waals surface area (Å²) in [6.07, 6.45) is 2.59. The van der Waals surface area contributed by atoms with Gasteiger partial charge in [-0.05, 0) is 53.4 Å². The third-order valence-corrected chi connectivity index (χ3v) is 3.91. The number of ether oxygens (including phenoxy) is 2. The summed E-state index contributed by atoms with van der Waals surface area (Å²) in [5.74, 6) is 0.350. The molecular formula is C18H20BrNO3. The van der Waals surface area contributed by atoms with E-state index < -0.39 is 0 Å². The van der Waals surface area contributed by atoms with Gasteiger partial charge in [-0.15, -0.1) is 0 Å². The normalized spacial score (nSPS) is 11.8. The van der Waals surface area contributed by atoms with Crippen molar-refractivity contribution in [3.05, 3.63) is 58.2 Å². The minimum Gasteiger partial charge on any atom is -0.469 e. The van der Waals surface area contributed by atoms with Crippen LogP contribution in [0.1, 0.15) is 37.5 Å². The first-order chi connectivity index (χ1) is 11.1. The van der Waals surface area contributed by atoms with Crippen LogP contribution >= 0.6 is 15.9 Å². The molecule has 0 radical (unpaired) electrons. The number of hydrogen-bond acceptors (Lipinski definition) is 4. The molecule has 0 bridgehead atoms. The molecule has 1 aromatic carbocycles. The second kappa shape index (κ2) is 8.67. The number of hydrogen-bond donors (Lipinski definition) is 0. The third-order valence-electron chi connectivity index (χ3n) is 3.34. The fourth-order valence-electron chi connectivity index (χ4n) is 2.13. The predicted molar refractivity (Wildman–Crippen MR) is 92.4 cm³/mol. The molecule has 1 aromatic heterocycles. The fourth-order valence-corrected chi connectivity index (χ4v) is 2.62. The van der Waals surface area contributed by atoms with Crippen molar-refractivity contribution in [1.82, 2.24) is 4.98 Å². The highest BCUT2D eigenvalue weighted by atomic mass is 79.9. The van der Waals surface area contributed by atoms with Crippen LogP contribution in [-0.4, -0.2) is 17.6 Å². The molecule has 0 amide bonds. The Kier molecular flexibility index (Phi) is 6.59. The van der Waals surface area contributed by atoms with Gasteiger partial charge in [0.25, 0.3) is 0 Å². The summed E-state index contributed by atoms with van der Waals surface area (Å²) in [5.41, 5.74) is 2.05. The molecule has 0 aliphatic heterocycles. The van der Waals surface area contributed by atoms with E-state index in [0.717, 1.165) is 15.6 Å². The van der Waals surface area contributed by atoms with Crippen LogP contribution in [0.4, 0.5) is 0 Å². The summed E-state index contributed by atoms with van der Waals surface area (Å²) in [4.78, 5) is 15.7. The lowest BCUT2D eigenvalue weighted by molar-refractivity contribution is -0.143. The predicted octanol–water partition coefficient (Wildman–Crippen LogP) is 4.48. The molecule has 23 heavy (non-hydrogen) atoms. The fraction of sp³-hybridized carbons (Fsp3) is 0.333. The van der Waals surface area contributed by atoms with Gasteiger partial charge in [0.1, 0.15) is 6.10 Å². The van der Waals surface area contributed by atoms with E-state index in [1.54, 1.807) is 13.1 Å². The molecule has 0 aliphatic carbocycles. The van der Waals surface area contributed by atoms with Crippen LogP contribution in [0.2, 0.25) is 0 Å². The van der Waals surface area contributed by atoms with Gasteiger partial charge in [-0.25, -0.2) is 4.98 Å². The van der Waals surface area contributed by atoms with Gasteiger partial charge in [0.2, 0.25) is 5.88 Å². The van der Waals surface area contributed by atoms with Crippen LogP contribution < -0.4 is 4.74 Å². The van der Waals surface area contributed by atoms with Crippen LogP contribution in [0, 0.1) is 0 Å². The third kappa shape index (κ3) is 5.36. The summed E-state index contributed by atoms with van der Waals surface area (Å²) >= 11 is 3.48. The van der Waals surface area contributed by atoms with Gasteiger partial charge in [-0.2, -0.15) is 0 Å². The maximum absolute atomic E-state index is 11.4. The van der Waals surface area contributed by atoms with Crippen molar-refractivity contribution in [2.24, 2.45) is 0 Å². The van der Waals surface area contributed by atoms with E-state index >= 15 is 0 Å². The molecule has 0 aliphatic rings. The zero-order chi connectivity index (χ0) is 16.7. The Morgan fingerprint density at radius 2 is 2.04 bits per heavy atom. The lowest BCUT2D eigenvalue weighted by Crippen LogP contribution is -2.07. The number of benzene rings is 1. The largest absolute Gasteiger partial charge is 0.469 e. The highest BCUT2D eigenvalue weighted by Gasteiger charge is 2.12. The number of aryl methyl sites for hydroxylation is 1. The van der Waals surface area contributed by atoms with E-state index in [0.29, 0.717) is 25.3 Å². The smallest absolute Gasteiger partial charge is 0.306 e. The summed E-state index contributed by atoms with van der Waals surface area (Å²) in [6, 6.07) is 11.9. The molecule has 1 heterocycles. The molecule has 1 atom stereocenters. The van der Waals surface area contributed by atoms with E-state index in [9.17, 15) is 4.79 Å². The van der Waals surface area contributed by atoms with Gasteiger partial charge in [0.15, 0.2) is 0 Å². The average Bonchev–Trinajstić information content (AvgIpc) is 2.56. The van der Waals surface area contributed by atoms with Crippen molar-refractivity contribution >= 4 is 21.9 Å². The minimum absolute atomic E-state index is 0.0922. The zero-order valence-electron chi connectivity index (χ0n) is 13.3. The highest BCUT2D eigenvalue weighted by Crippen LogP contribution is 2.28. The molecular weight excluding hydrogens is 358 g/mol. The summed E-state index contributed by atoms with van der Waals surface area (Å²) < 4.78 is 11.6. The van der Waals surface area contributed by atoms with Crippen molar-refractivity contribution < 1.29 is 14.3 Å². The molecule has 2 aromatic rings. The average molecular weight is 378 g/mol. The number of carbonyl (C=O) groups excluding carboxylic acids is 1. The van der Waals surface area contributed by atoms with E-state index in [4.69, 9.17) is 9.47 Å². The number of carbonyl (C=O) groups is 1. The van der Waals surface area contributed by atoms with Gasteiger partial charge in [0.05, 0.1) is 11.1 Å². The van der Waals surface area contributed by atoms with Gasteiger partial charge in [-0.1, -0.05) is 30.3 Å². The molecule has 2 rings (SSSR count). The Balaban J connectivity index is 1.98. The molecule has 0 saturated heterocycles. The van der Waals surface area contributed by atoms with Crippen molar-refractivity contribution in [1.29, 1.82) is 0 Å². The number of rotatable bonds is 7. The Morgan fingerprint density at radius 1 is 1.30 bits per heavy atom. The number of nitrogens with zero attached hydrogens (tertiary/aromatic N) is 1. The summed E-state index contributed by atoms with van der Waals surface area (Å²) in [6.45, 7) is 4.19. The zero-order valence-corrected chi connectivity index (χ0v) is 14.9. The number of esters is 1. The molecule has 0 fully saturated rings. The number of pyridine rings is 1. The topological polar surface area (TPSA) is 48.4 Å². The van der Waals surface area contributed by atoms with E-state index in [1.807, 2.05) is 43.3 Å². The molecule has 5 heteroatoms. The lowest BCUT2D eigenvalue weighted by atomic mass is 10.1. The van der Waals surface area contributed by atoms with Crippen molar-refractivity contribution in [3.63, 3.8) is 0 Å². The molecule has 0 unspecified atom stereocenters. The Hall–Kier alpha value is -1.88. The first kappa shape index (κ1) is 17.5. The minimum atomic E-state index is -0.193. The number of aromatic nitrogens is 1. The van der Waals surface area contributed by atoms with Gasteiger partial charge >= 0.3 is 5.97 Å². The maximum atomic E-state index is 11.4. The quantitative estimate of drug-likeness (QED) is 0.667.